The summed E-state index contributed by atoms with van der Waals surface area (Å²) in [4.78, 5) is 11.2. The lowest BCUT2D eigenvalue weighted by Gasteiger charge is -2.10. The lowest BCUT2D eigenvalue weighted by Crippen LogP contribution is -2.07. The minimum absolute atomic E-state index is 0.226. The van der Waals surface area contributed by atoms with E-state index >= 15 is 0 Å². The smallest absolute Gasteiger partial charge is 0.305 e. The van der Waals surface area contributed by atoms with Gasteiger partial charge in [0, 0.05) is 11.4 Å². The quantitative estimate of drug-likeness (QED) is 0.796. The summed E-state index contributed by atoms with van der Waals surface area (Å²) in [5.74, 6) is -0.264. The van der Waals surface area contributed by atoms with Gasteiger partial charge in [0.2, 0.25) is 0 Å². The fourth-order valence-electron chi connectivity index (χ4n) is 1.39. The molecule has 0 fully saturated rings. The molecule has 94 valence electrons. The predicted molar refractivity (Wildman–Crippen MR) is 66.9 cm³/mol. The fourth-order valence-corrected chi connectivity index (χ4v) is 1.52. The Morgan fingerprint density at radius 1 is 1.41 bits per heavy atom. The van der Waals surface area contributed by atoms with Crippen LogP contribution in [0.5, 0.6) is 0 Å². The van der Waals surface area contributed by atoms with E-state index in [1.807, 2.05) is 6.92 Å². The molecule has 3 nitrogen and oxygen atoms in total. The van der Waals surface area contributed by atoms with Gasteiger partial charge in [-0.2, -0.15) is 0 Å². The van der Waals surface area contributed by atoms with Gasteiger partial charge >= 0.3 is 5.97 Å². The second-order valence-electron chi connectivity index (χ2n) is 3.83. The third kappa shape index (κ3) is 5.20. The number of rotatable bonds is 6. The topological polar surface area (TPSA) is 46.5 Å². The molecule has 0 amide bonds. The third-order valence-corrected chi connectivity index (χ3v) is 2.60. The second-order valence-corrected chi connectivity index (χ2v) is 4.26. The lowest BCUT2D eigenvalue weighted by atomic mass is 10.1. The zero-order valence-corrected chi connectivity index (χ0v) is 10.6. The van der Waals surface area contributed by atoms with Gasteiger partial charge in [0.1, 0.15) is 0 Å². The van der Waals surface area contributed by atoms with Crippen LogP contribution in [0.15, 0.2) is 24.3 Å². The predicted octanol–water partition coefficient (Wildman–Crippen LogP) is 3.11. The molecule has 0 aromatic heterocycles. The molecule has 0 aliphatic carbocycles. The molecule has 0 aliphatic heterocycles. The van der Waals surface area contributed by atoms with Gasteiger partial charge in [-0.3, -0.25) is 4.79 Å². The highest BCUT2D eigenvalue weighted by Crippen LogP contribution is 2.20. The summed E-state index contributed by atoms with van der Waals surface area (Å²) in [7, 11) is 0. The molecule has 1 rings (SSSR count). The van der Waals surface area contributed by atoms with Crippen LogP contribution < -0.4 is 0 Å². The molecule has 0 aliphatic rings. The van der Waals surface area contributed by atoms with Gasteiger partial charge in [-0.25, -0.2) is 0 Å². The van der Waals surface area contributed by atoms with Gasteiger partial charge in [-0.1, -0.05) is 30.7 Å². The van der Waals surface area contributed by atoms with Crippen LogP contribution in [0.3, 0.4) is 0 Å². The number of carbonyl (C=O) groups is 1. The molecule has 1 atom stereocenters. The molecule has 1 unspecified atom stereocenters. The van der Waals surface area contributed by atoms with E-state index < -0.39 is 6.10 Å². The highest BCUT2D eigenvalue weighted by atomic mass is 35.5. The monoisotopic (exact) mass is 256 g/mol. The van der Waals surface area contributed by atoms with Crippen molar-refractivity contribution >= 4 is 17.6 Å². The SMILES string of the molecule is CCCOC(=O)CCC(O)c1ccc(Cl)cc1. The van der Waals surface area contributed by atoms with Crippen molar-refractivity contribution in [3.05, 3.63) is 34.9 Å². The van der Waals surface area contributed by atoms with Crippen LogP contribution >= 0.6 is 11.6 Å². The van der Waals surface area contributed by atoms with E-state index in [2.05, 4.69) is 0 Å². The van der Waals surface area contributed by atoms with Crippen LogP contribution in [-0.4, -0.2) is 17.7 Å². The highest BCUT2D eigenvalue weighted by molar-refractivity contribution is 6.30. The standard InChI is InChI=1S/C13H17ClO3/c1-2-9-17-13(16)8-7-12(15)10-3-5-11(14)6-4-10/h3-6,12,15H,2,7-9H2,1H3. The van der Waals surface area contributed by atoms with Crippen molar-refractivity contribution < 1.29 is 14.6 Å². The molecular weight excluding hydrogens is 240 g/mol. The first-order valence-corrected chi connectivity index (χ1v) is 6.10. The van der Waals surface area contributed by atoms with Crippen molar-refractivity contribution in [2.24, 2.45) is 0 Å². The summed E-state index contributed by atoms with van der Waals surface area (Å²) in [5, 5.41) is 10.5. The molecular formula is C13H17ClO3. The summed E-state index contributed by atoms with van der Waals surface area (Å²) in [6, 6.07) is 6.94. The van der Waals surface area contributed by atoms with Crippen LogP contribution in [0, 0.1) is 0 Å². The lowest BCUT2D eigenvalue weighted by molar-refractivity contribution is -0.144. The Labute approximate surface area is 106 Å². The van der Waals surface area contributed by atoms with Crippen LogP contribution in [0.25, 0.3) is 0 Å². The maximum atomic E-state index is 11.2. The number of halogens is 1. The second kappa shape index (κ2) is 7.30. The minimum Gasteiger partial charge on any atom is -0.466 e. The number of ether oxygens (including phenoxy) is 1. The van der Waals surface area contributed by atoms with Crippen LogP contribution in [0.2, 0.25) is 5.02 Å². The van der Waals surface area contributed by atoms with Crippen molar-refractivity contribution in [1.29, 1.82) is 0 Å². The third-order valence-electron chi connectivity index (χ3n) is 2.34. The van der Waals surface area contributed by atoms with E-state index in [9.17, 15) is 9.90 Å². The van der Waals surface area contributed by atoms with Crippen molar-refractivity contribution in [1.82, 2.24) is 0 Å². The molecule has 1 N–H and O–H groups in total. The Balaban J connectivity index is 2.36. The van der Waals surface area contributed by atoms with E-state index in [0.29, 0.717) is 18.1 Å². The summed E-state index contributed by atoms with van der Waals surface area (Å²) < 4.78 is 4.93. The molecule has 17 heavy (non-hydrogen) atoms. The van der Waals surface area contributed by atoms with Crippen LogP contribution in [0.1, 0.15) is 37.9 Å². The molecule has 4 heteroatoms. The maximum absolute atomic E-state index is 11.2. The molecule has 1 aromatic rings. The van der Waals surface area contributed by atoms with Gasteiger partial charge < -0.3 is 9.84 Å². The van der Waals surface area contributed by atoms with Gasteiger partial charge in [-0.15, -0.1) is 0 Å². The zero-order valence-electron chi connectivity index (χ0n) is 9.86. The Morgan fingerprint density at radius 3 is 2.65 bits per heavy atom. The van der Waals surface area contributed by atoms with Gasteiger partial charge in [-0.05, 0) is 30.5 Å². The largest absolute Gasteiger partial charge is 0.466 e. The molecule has 0 saturated carbocycles. The first-order valence-electron chi connectivity index (χ1n) is 5.72. The number of carbonyl (C=O) groups excluding carboxylic acids is 1. The Hall–Kier alpha value is -1.06. The molecule has 0 saturated heterocycles. The molecule has 1 aromatic carbocycles. The first kappa shape index (κ1) is 14.0. The normalized spacial score (nSPS) is 12.2. The van der Waals surface area contributed by atoms with Crippen molar-refractivity contribution in [3.63, 3.8) is 0 Å². The number of aliphatic hydroxyl groups is 1. The summed E-state index contributed by atoms with van der Waals surface area (Å²) in [6.07, 6.45) is 0.751. The number of hydrogen-bond acceptors (Lipinski definition) is 3. The maximum Gasteiger partial charge on any atom is 0.305 e. The Kier molecular flexibility index (Phi) is 6.01. The van der Waals surface area contributed by atoms with Crippen molar-refractivity contribution in [2.45, 2.75) is 32.3 Å². The van der Waals surface area contributed by atoms with Gasteiger partial charge in [0.15, 0.2) is 0 Å². The van der Waals surface area contributed by atoms with Crippen LogP contribution in [0.4, 0.5) is 0 Å². The number of esters is 1. The zero-order chi connectivity index (χ0) is 12.7. The van der Waals surface area contributed by atoms with Crippen LogP contribution in [-0.2, 0) is 9.53 Å². The molecule has 0 heterocycles. The Bertz CT molecular complexity index is 348. The number of aliphatic hydroxyl groups excluding tert-OH is 1. The van der Waals surface area contributed by atoms with E-state index in [1.165, 1.54) is 0 Å². The van der Waals surface area contributed by atoms with Crippen molar-refractivity contribution in [3.8, 4) is 0 Å². The fraction of sp³-hybridized carbons (Fsp3) is 0.462. The molecule has 0 bridgehead atoms. The molecule has 0 radical (unpaired) electrons. The van der Waals surface area contributed by atoms with E-state index in [-0.39, 0.29) is 12.4 Å². The summed E-state index contributed by atoms with van der Waals surface area (Å²) in [6.45, 7) is 2.38. The highest BCUT2D eigenvalue weighted by Gasteiger charge is 2.10. The number of hydrogen-bond donors (Lipinski definition) is 1. The van der Waals surface area contributed by atoms with E-state index in [1.54, 1.807) is 24.3 Å². The van der Waals surface area contributed by atoms with Crippen molar-refractivity contribution in [2.75, 3.05) is 6.61 Å². The summed E-state index contributed by atoms with van der Waals surface area (Å²) >= 11 is 5.75. The Morgan fingerprint density at radius 2 is 2.06 bits per heavy atom. The van der Waals surface area contributed by atoms with E-state index in [0.717, 1.165) is 12.0 Å². The minimum atomic E-state index is -0.651. The molecule has 0 spiro atoms. The average Bonchev–Trinajstić information content (AvgIpc) is 2.34. The van der Waals surface area contributed by atoms with Gasteiger partial charge in [0.05, 0.1) is 12.7 Å². The van der Waals surface area contributed by atoms with E-state index in [4.69, 9.17) is 16.3 Å². The average molecular weight is 257 g/mol. The first-order chi connectivity index (χ1) is 8.13. The number of benzene rings is 1. The van der Waals surface area contributed by atoms with Gasteiger partial charge in [0.25, 0.3) is 0 Å². The summed E-state index contributed by atoms with van der Waals surface area (Å²) in [5.41, 5.74) is 0.762.